The number of benzene rings is 2. The maximum atomic E-state index is 12.7. The lowest BCUT2D eigenvalue weighted by atomic mass is 10.1. The Labute approximate surface area is 210 Å². The van der Waals surface area contributed by atoms with Crippen LogP contribution in [0.15, 0.2) is 66.0 Å². The predicted octanol–water partition coefficient (Wildman–Crippen LogP) is 5.55. The molecule has 0 spiro atoms. The number of nitrogens with one attached hydrogen (secondary N) is 2. The van der Waals surface area contributed by atoms with Crippen LogP contribution in [0.4, 0.5) is 11.4 Å². The van der Waals surface area contributed by atoms with Crippen molar-refractivity contribution >= 4 is 46.3 Å². The van der Waals surface area contributed by atoms with E-state index in [1.807, 2.05) is 36.0 Å². The maximum absolute atomic E-state index is 12.7. The third kappa shape index (κ3) is 7.72. The molecule has 2 amide bonds. The fourth-order valence-corrected chi connectivity index (χ4v) is 5.64. The summed E-state index contributed by atoms with van der Waals surface area (Å²) in [5.74, 6) is 2.23. The standard InChI is InChI=1S/C27H31N3O2S2/c31-26(8-2-6-25-7-3-17-34-25)28-24-5-1-4-22(20-24)27(32)29-23-11-9-21(10-12-23)13-14-30-15-18-33-19-16-30/h1,3-5,7,9-12,17,20H,2,6,8,13-16,18-19H2,(H,28,31)(H,29,32). The Morgan fingerprint density at radius 1 is 0.882 bits per heavy atom. The van der Waals surface area contributed by atoms with Crippen molar-refractivity contribution in [2.75, 3.05) is 41.8 Å². The van der Waals surface area contributed by atoms with Gasteiger partial charge < -0.3 is 15.5 Å². The minimum Gasteiger partial charge on any atom is -0.326 e. The van der Waals surface area contributed by atoms with E-state index in [0.29, 0.717) is 17.7 Å². The van der Waals surface area contributed by atoms with Crippen molar-refractivity contribution < 1.29 is 9.59 Å². The fraction of sp³-hybridized carbons (Fsp3) is 0.333. The average Bonchev–Trinajstić information content (AvgIpc) is 3.38. The van der Waals surface area contributed by atoms with E-state index in [-0.39, 0.29) is 11.8 Å². The van der Waals surface area contributed by atoms with Crippen molar-refractivity contribution in [2.45, 2.75) is 25.7 Å². The third-order valence-corrected chi connectivity index (χ3v) is 7.73. The normalized spacial score (nSPS) is 14.0. The first kappa shape index (κ1) is 24.5. The Morgan fingerprint density at radius 3 is 2.47 bits per heavy atom. The number of amides is 2. The summed E-state index contributed by atoms with van der Waals surface area (Å²) in [4.78, 5) is 28.8. The Kier molecular flexibility index (Phi) is 9.19. The summed E-state index contributed by atoms with van der Waals surface area (Å²) >= 11 is 3.74. The zero-order valence-corrected chi connectivity index (χ0v) is 20.9. The van der Waals surface area contributed by atoms with Crippen molar-refractivity contribution in [1.82, 2.24) is 4.90 Å². The summed E-state index contributed by atoms with van der Waals surface area (Å²) in [5.41, 5.74) is 3.20. The second kappa shape index (κ2) is 12.7. The maximum Gasteiger partial charge on any atom is 0.255 e. The quantitative estimate of drug-likeness (QED) is 0.389. The van der Waals surface area contributed by atoms with Crippen molar-refractivity contribution in [3.8, 4) is 0 Å². The summed E-state index contributed by atoms with van der Waals surface area (Å²) in [7, 11) is 0. The molecule has 0 saturated carbocycles. The first-order chi connectivity index (χ1) is 16.7. The number of nitrogens with zero attached hydrogens (tertiary/aromatic N) is 1. The molecule has 2 N–H and O–H groups in total. The molecule has 1 aliphatic heterocycles. The molecule has 1 saturated heterocycles. The molecule has 0 aliphatic carbocycles. The number of thiophene rings is 1. The van der Waals surface area contributed by atoms with Crippen molar-refractivity contribution in [3.05, 3.63) is 82.0 Å². The molecule has 2 aromatic carbocycles. The molecular formula is C27H31N3O2S2. The Bertz CT molecular complexity index is 1060. The van der Waals surface area contributed by atoms with E-state index in [4.69, 9.17) is 0 Å². The first-order valence-corrected chi connectivity index (χ1v) is 13.8. The van der Waals surface area contributed by atoms with Crippen LogP contribution in [-0.4, -0.2) is 47.9 Å². The molecule has 178 valence electrons. The second-order valence-electron chi connectivity index (χ2n) is 8.42. The van der Waals surface area contributed by atoms with Gasteiger partial charge in [-0.1, -0.05) is 24.3 Å². The highest BCUT2D eigenvalue weighted by atomic mass is 32.2. The van der Waals surface area contributed by atoms with Gasteiger partial charge in [-0.2, -0.15) is 11.8 Å². The summed E-state index contributed by atoms with van der Waals surface area (Å²) in [6.45, 7) is 3.43. The lowest BCUT2D eigenvalue weighted by molar-refractivity contribution is -0.116. The Morgan fingerprint density at radius 2 is 1.71 bits per heavy atom. The van der Waals surface area contributed by atoms with Gasteiger partial charge in [0.15, 0.2) is 0 Å². The average molecular weight is 494 g/mol. The molecule has 34 heavy (non-hydrogen) atoms. The molecule has 1 aromatic heterocycles. The SMILES string of the molecule is O=C(CCCc1cccs1)Nc1cccc(C(=O)Nc2ccc(CCN3CCSCC3)cc2)c1. The van der Waals surface area contributed by atoms with Crippen LogP contribution in [0, 0.1) is 0 Å². The molecular weight excluding hydrogens is 462 g/mol. The van der Waals surface area contributed by atoms with Gasteiger partial charge in [-0.25, -0.2) is 0 Å². The van der Waals surface area contributed by atoms with Gasteiger partial charge in [0.1, 0.15) is 0 Å². The van der Waals surface area contributed by atoms with E-state index < -0.39 is 0 Å². The van der Waals surface area contributed by atoms with E-state index >= 15 is 0 Å². The second-order valence-corrected chi connectivity index (χ2v) is 10.7. The van der Waals surface area contributed by atoms with Crippen LogP contribution in [0.25, 0.3) is 0 Å². The number of hydrogen-bond donors (Lipinski definition) is 2. The molecule has 3 aromatic rings. The Hall–Kier alpha value is -2.61. The molecule has 4 rings (SSSR count). The molecule has 1 fully saturated rings. The van der Waals surface area contributed by atoms with E-state index in [1.54, 1.807) is 29.5 Å². The van der Waals surface area contributed by atoms with Crippen LogP contribution in [0.1, 0.15) is 33.6 Å². The number of carbonyl (C=O) groups is 2. The van der Waals surface area contributed by atoms with Crippen LogP contribution in [-0.2, 0) is 17.6 Å². The van der Waals surface area contributed by atoms with Crippen LogP contribution in [0.3, 0.4) is 0 Å². The number of carbonyl (C=O) groups excluding carboxylic acids is 2. The summed E-state index contributed by atoms with van der Waals surface area (Å²) in [5, 5.41) is 7.92. The number of hydrogen-bond acceptors (Lipinski definition) is 5. The smallest absolute Gasteiger partial charge is 0.255 e. The van der Waals surface area contributed by atoms with Gasteiger partial charge in [-0.15, -0.1) is 11.3 Å². The van der Waals surface area contributed by atoms with Crippen molar-refractivity contribution in [1.29, 1.82) is 0 Å². The van der Waals surface area contributed by atoms with Gasteiger partial charge in [0.25, 0.3) is 5.91 Å². The van der Waals surface area contributed by atoms with Crippen molar-refractivity contribution in [2.24, 2.45) is 0 Å². The van der Waals surface area contributed by atoms with E-state index in [1.165, 1.54) is 35.0 Å². The molecule has 1 aliphatic rings. The highest BCUT2D eigenvalue weighted by Gasteiger charge is 2.11. The van der Waals surface area contributed by atoms with E-state index in [9.17, 15) is 9.59 Å². The molecule has 0 atom stereocenters. The fourth-order valence-electron chi connectivity index (χ4n) is 3.91. The molecule has 0 radical (unpaired) electrons. The molecule has 0 unspecified atom stereocenters. The topological polar surface area (TPSA) is 61.4 Å². The van der Waals surface area contributed by atoms with E-state index in [2.05, 4.69) is 39.1 Å². The first-order valence-electron chi connectivity index (χ1n) is 11.8. The van der Waals surface area contributed by atoms with Crippen LogP contribution in [0.2, 0.25) is 0 Å². The summed E-state index contributed by atoms with van der Waals surface area (Å²) < 4.78 is 0. The van der Waals surface area contributed by atoms with Gasteiger partial charge in [-0.05, 0) is 66.6 Å². The van der Waals surface area contributed by atoms with Gasteiger partial charge in [0, 0.05) is 59.4 Å². The highest BCUT2D eigenvalue weighted by molar-refractivity contribution is 7.99. The molecule has 5 nitrogen and oxygen atoms in total. The van der Waals surface area contributed by atoms with E-state index in [0.717, 1.165) is 31.5 Å². The van der Waals surface area contributed by atoms with Crippen LogP contribution < -0.4 is 10.6 Å². The lowest BCUT2D eigenvalue weighted by Gasteiger charge is -2.26. The lowest BCUT2D eigenvalue weighted by Crippen LogP contribution is -2.34. The van der Waals surface area contributed by atoms with Crippen LogP contribution in [0.5, 0.6) is 0 Å². The van der Waals surface area contributed by atoms with Gasteiger partial charge in [-0.3, -0.25) is 9.59 Å². The summed E-state index contributed by atoms with van der Waals surface area (Å²) in [6, 6.07) is 19.3. The summed E-state index contributed by atoms with van der Waals surface area (Å²) in [6.07, 6.45) is 3.19. The predicted molar refractivity (Wildman–Crippen MR) is 144 cm³/mol. The third-order valence-electron chi connectivity index (χ3n) is 5.85. The molecule has 2 heterocycles. The number of anilines is 2. The minimum atomic E-state index is -0.188. The van der Waals surface area contributed by atoms with Gasteiger partial charge >= 0.3 is 0 Å². The zero-order valence-electron chi connectivity index (χ0n) is 19.3. The number of thioether (sulfide) groups is 1. The number of aryl methyl sites for hydroxylation is 1. The zero-order chi connectivity index (χ0) is 23.6. The Balaban J connectivity index is 1.24. The van der Waals surface area contributed by atoms with Crippen LogP contribution >= 0.6 is 23.1 Å². The van der Waals surface area contributed by atoms with Gasteiger partial charge in [0.05, 0.1) is 0 Å². The van der Waals surface area contributed by atoms with Crippen molar-refractivity contribution in [3.63, 3.8) is 0 Å². The monoisotopic (exact) mass is 493 g/mol. The van der Waals surface area contributed by atoms with Gasteiger partial charge in [0.2, 0.25) is 5.91 Å². The highest BCUT2D eigenvalue weighted by Crippen LogP contribution is 2.17. The molecule has 0 bridgehead atoms. The largest absolute Gasteiger partial charge is 0.326 e. The number of rotatable bonds is 10. The molecule has 7 heteroatoms. The minimum absolute atomic E-state index is 0.0342.